The molecule has 1 N–H and O–H groups in total. The zero-order chi connectivity index (χ0) is 19.3. The Morgan fingerprint density at radius 2 is 2.00 bits per heavy atom. The van der Waals surface area contributed by atoms with Gasteiger partial charge in [-0.25, -0.2) is 0 Å². The number of hydrogen-bond donors (Lipinski definition) is 1. The van der Waals surface area contributed by atoms with Gasteiger partial charge in [-0.2, -0.15) is 29.5 Å². The second kappa shape index (κ2) is 8.21. The van der Waals surface area contributed by atoms with Crippen LogP contribution < -0.4 is 10.1 Å². The third-order valence-corrected chi connectivity index (χ3v) is 4.04. The molecule has 0 saturated carbocycles. The number of ether oxygens (including phenoxy) is 1. The molecule has 2 aromatic heterocycles. The van der Waals surface area contributed by atoms with Gasteiger partial charge in [-0.3, -0.25) is 4.79 Å². The number of halogens is 3. The first-order valence-electron chi connectivity index (χ1n) is 7.84. The Balaban J connectivity index is 1.46. The van der Waals surface area contributed by atoms with Crippen molar-refractivity contribution in [2.75, 3.05) is 11.9 Å². The smallest absolute Gasteiger partial charge is 0.422 e. The minimum absolute atomic E-state index is 0.0668. The highest BCUT2D eigenvalue weighted by molar-refractivity contribution is 7.08. The first kappa shape index (κ1) is 18.9. The van der Waals surface area contributed by atoms with Crippen LogP contribution in [0.15, 0.2) is 45.6 Å². The number of rotatable bonds is 7. The third kappa shape index (κ3) is 5.81. The van der Waals surface area contributed by atoms with Crippen molar-refractivity contribution in [3.8, 4) is 17.1 Å². The van der Waals surface area contributed by atoms with Crippen LogP contribution in [0.5, 0.6) is 5.75 Å². The van der Waals surface area contributed by atoms with E-state index in [4.69, 9.17) is 4.52 Å². The van der Waals surface area contributed by atoms with E-state index in [9.17, 15) is 18.0 Å². The lowest BCUT2D eigenvalue weighted by atomic mass is 10.2. The number of benzene rings is 1. The van der Waals surface area contributed by atoms with Gasteiger partial charge in [-0.1, -0.05) is 5.16 Å². The molecule has 0 spiro atoms. The van der Waals surface area contributed by atoms with E-state index in [0.29, 0.717) is 17.4 Å². The first-order chi connectivity index (χ1) is 12.9. The van der Waals surface area contributed by atoms with E-state index in [1.54, 1.807) is 0 Å². The molecule has 0 aliphatic rings. The molecule has 3 rings (SSSR count). The van der Waals surface area contributed by atoms with Crippen molar-refractivity contribution in [3.63, 3.8) is 0 Å². The van der Waals surface area contributed by atoms with Crippen molar-refractivity contribution in [1.29, 1.82) is 0 Å². The first-order valence-corrected chi connectivity index (χ1v) is 8.78. The van der Waals surface area contributed by atoms with Crippen molar-refractivity contribution in [3.05, 3.63) is 47.0 Å². The molecule has 6 nitrogen and oxygen atoms in total. The molecule has 0 atom stereocenters. The lowest BCUT2D eigenvalue weighted by Gasteiger charge is -2.10. The topological polar surface area (TPSA) is 77.2 Å². The Kier molecular flexibility index (Phi) is 5.75. The second-order valence-corrected chi connectivity index (χ2v) is 6.28. The quantitative estimate of drug-likeness (QED) is 0.643. The molecule has 1 aromatic carbocycles. The van der Waals surface area contributed by atoms with E-state index in [1.807, 2.05) is 16.8 Å². The summed E-state index contributed by atoms with van der Waals surface area (Å²) in [6, 6.07) is 7.50. The second-order valence-electron chi connectivity index (χ2n) is 5.50. The van der Waals surface area contributed by atoms with Crippen LogP contribution in [-0.2, 0) is 11.2 Å². The number of thiophene rings is 1. The fourth-order valence-electron chi connectivity index (χ4n) is 2.11. The van der Waals surface area contributed by atoms with E-state index < -0.39 is 12.8 Å². The number of amides is 1. The Morgan fingerprint density at radius 1 is 1.22 bits per heavy atom. The Morgan fingerprint density at radius 3 is 2.67 bits per heavy atom. The van der Waals surface area contributed by atoms with Crippen LogP contribution in [0.1, 0.15) is 12.3 Å². The van der Waals surface area contributed by atoms with Gasteiger partial charge in [0.15, 0.2) is 6.61 Å². The number of carbonyl (C=O) groups excluding carboxylic acids is 1. The number of nitrogens with zero attached hydrogens (tertiary/aromatic N) is 2. The lowest BCUT2D eigenvalue weighted by Crippen LogP contribution is -2.19. The Bertz CT molecular complexity index is 877. The SMILES string of the molecule is O=C(CCc1nc(-c2ccsc2)no1)Nc1ccc(OCC(F)(F)F)cc1. The molecule has 0 saturated heterocycles. The fraction of sp³-hybridized carbons (Fsp3) is 0.235. The van der Waals surface area contributed by atoms with Gasteiger partial charge in [0, 0.05) is 29.5 Å². The van der Waals surface area contributed by atoms with E-state index in [1.165, 1.54) is 35.6 Å². The van der Waals surface area contributed by atoms with Crippen LogP contribution in [0.25, 0.3) is 11.4 Å². The summed E-state index contributed by atoms with van der Waals surface area (Å²) < 4.78 is 46.0. The molecule has 0 unspecified atom stereocenters. The zero-order valence-corrected chi connectivity index (χ0v) is 14.6. The predicted octanol–water partition coefficient (Wildman–Crippen LogP) is 4.31. The summed E-state index contributed by atoms with van der Waals surface area (Å²) in [6.07, 6.45) is -4.00. The lowest BCUT2D eigenvalue weighted by molar-refractivity contribution is -0.153. The molecule has 0 aliphatic heterocycles. The van der Waals surface area contributed by atoms with Gasteiger partial charge < -0.3 is 14.6 Å². The van der Waals surface area contributed by atoms with E-state index >= 15 is 0 Å². The molecule has 0 aliphatic carbocycles. The van der Waals surface area contributed by atoms with Gasteiger partial charge in [0.05, 0.1) is 0 Å². The van der Waals surface area contributed by atoms with Crippen LogP contribution >= 0.6 is 11.3 Å². The number of aromatic nitrogens is 2. The summed E-state index contributed by atoms with van der Waals surface area (Å²) in [5, 5.41) is 10.3. The maximum atomic E-state index is 12.1. The number of anilines is 1. The number of nitrogens with one attached hydrogen (secondary N) is 1. The zero-order valence-electron chi connectivity index (χ0n) is 13.8. The summed E-state index contributed by atoms with van der Waals surface area (Å²) >= 11 is 1.52. The minimum atomic E-state index is -4.40. The minimum Gasteiger partial charge on any atom is -0.484 e. The van der Waals surface area contributed by atoms with Crippen LogP contribution in [-0.4, -0.2) is 28.8 Å². The molecular formula is C17H14F3N3O3S. The van der Waals surface area contributed by atoms with E-state index in [2.05, 4.69) is 20.2 Å². The van der Waals surface area contributed by atoms with Crippen LogP contribution in [0, 0.1) is 0 Å². The van der Waals surface area contributed by atoms with Gasteiger partial charge in [-0.05, 0) is 35.7 Å². The average Bonchev–Trinajstić information content (AvgIpc) is 3.30. The van der Waals surface area contributed by atoms with Crippen LogP contribution in [0.4, 0.5) is 18.9 Å². The maximum Gasteiger partial charge on any atom is 0.422 e. The van der Waals surface area contributed by atoms with Crippen molar-refractivity contribution in [2.24, 2.45) is 0 Å². The molecule has 142 valence electrons. The Labute approximate surface area is 156 Å². The van der Waals surface area contributed by atoms with Crippen LogP contribution in [0.2, 0.25) is 0 Å². The van der Waals surface area contributed by atoms with Gasteiger partial charge in [-0.15, -0.1) is 0 Å². The molecule has 0 radical (unpaired) electrons. The number of hydrogen-bond acceptors (Lipinski definition) is 6. The monoisotopic (exact) mass is 397 g/mol. The number of carbonyl (C=O) groups is 1. The average molecular weight is 397 g/mol. The molecule has 3 aromatic rings. The van der Waals surface area contributed by atoms with E-state index in [-0.39, 0.29) is 24.5 Å². The van der Waals surface area contributed by atoms with E-state index in [0.717, 1.165) is 5.56 Å². The van der Waals surface area contributed by atoms with Crippen molar-refractivity contribution >= 4 is 22.9 Å². The molecule has 2 heterocycles. The summed E-state index contributed by atoms with van der Waals surface area (Å²) in [7, 11) is 0. The molecule has 0 bridgehead atoms. The molecule has 10 heteroatoms. The highest BCUT2D eigenvalue weighted by Crippen LogP contribution is 2.21. The highest BCUT2D eigenvalue weighted by Gasteiger charge is 2.28. The van der Waals surface area contributed by atoms with Crippen LogP contribution in [0.3, 0.4) is 0 Å². The largest absolute Gasteiger partial charge is 0.484 e. The Hall–Kier alpha value is -2.88. The van der Waals surface area contributed by atoms with Crippen molar-refractivity contribution in [2.45, 2.75) is 19.0 Å². The highest BCUT2D eigenvalue weighted by atomic mass is 32.1. The summed E-state index contributed by atoms with van der Waals surface area (Å²) in [4.78, 5) is 16.2. The van der Waals surface area contributed by atoms with Gasteiger partial charge in [0.25, 0.3) is 0 Å². The molecule has 27 heavy (non-hydrogen) atoms. The maximum absolute atomic E-state index is 12.1. The van der Waals surface area contributed by atoms with Gasteiger partial charge in [0.2, 0.25) is 17.6 Å². The summed E-state index contributed by atoms with van der Waals surface area (Å²) in [6.45, 7) is -1.36. The van der Waals surface area contributed by atoms with Crippen molar-refractivity contribution < 1.29 is 27.2 Å². The van der Waals surface area contributed by atoms with Gasteiger partial charge >= 0.3 is 6.18 Å². The fourth-order valence-corrected chi connectivity index (χ4v) is 2.74. The van der Waals surface area contributed by atoms with Gasteiger partial charge in [0.1, 0.15) is 5.75 Å². The standard InChI is InChI=1S/C17H14F3N3O3S/c18-17(19,20)10-25-13-3-1-12(2-4-13)21-14(24)5-6-15-22-16(23-26-15)11-7-8-27-9-11/h1-4,7-9H,5-6,10H2,(H,21,24). The number of aryl methyl sites for hydroxylation is 1. The molecule has 0 fully saturated rings. The normalized spacial score (nSPS) is 11.4. The third-order valence-electron chi connectivity index (χ3n) is 3.35. The number of alkyl halides is 3. The summed E-state index contributed by atoms with van der Waals surface area (Å²) in [5.74, 6) is 0.606. The molecule has 1 amide bonds. The summed E-state index contributed by atoms with van der Waals surface area (Å²) in [5.41, 5.74) is 1.30. The van der Waals surface area contributed by atoms with Crippen molar-refractivity contribution in [1.82, 2.24) is 10.1 Å². The molecular weight excluding hydrogens is 383 g/mol. The predicted molar refractivity (Wildman–Crippen MR) is 92.6 cm³/mol.